The Bertz CT molecular complexity index is 728. The minimum absolute atomic E-state index is 0.0132. The molecule has 0 radical (unpaired) electrons. The van der Waals surface area contributed by atoms with Crippen LogP contribution in [0.3, 0.4) is 0 Å². The lowest BCUT2D eigenvalue weighted by molar-refractivity contribution is -0.384. The zero-order valence-corrected chi connectivity index (χ0v) is 10.6. The highest BCUT2D eigenvalue weighted by molar-refractivity contribution is 6.30. The Kier molecular flexibility index (Phi) is 3.82. The summed E-state index contributed by atoms with van der Waals surface area (Å²) >= 11 is 5.61. The van der Waals surface area contributed by atoms with Crippen LogP contribution in [0.25, 0.3) is 0 Å². The van der Waals surface area contributed by atoms with Crippen molar-refractivity contribution in [1.82, 2.24) is 0 Å². The van der Waals surface area contributed by atoms with Gasteiger partial charge in [-0.3, -0.25) is 10.1 Å². The molecule has 0 unspecified atom stereocenters. The van der Waals surface area contributed by atoms with Gasteiger partial charge >= 0.3 is 0 Å². The largest absolute Gasteiger partial charge is 0.453 e. The molecule has 0 aliphatic heterocycles. The second kappa shape index (κ2) is 5.55. The molecule has 0 aromatic heterocycles. The van der Waals surface area contributed by atoms with Gasteiger partial charge in [-0.2, -0.15) is 5.26 Å². The molecule has 0 heterocycles. The second-order valence-electron chi connectivity index (χ2n) is 3.70. The van der Waals surface area contributed by atoms with Crippen molar-refractivity contribution in [1.29, 1.82) is 5.26 Å². The summed E-state index contributed by atoms with van der Waals surface area (Å²) < 4.78 is 18.9. The Hall–Kier alpha value is -2.65. The van der Waals surface area contributed by atoms with E-state index in [1.54, 1.807) is 6.07 Å². The van der Waals surface area contributed by atoms with Gasteiger partial charge in [0.05, 0.1) is 9.95 Å². The third-order valence-corrected chi connectivity index (χ3v) is 2.72. The van der Waals surface area contributed by atoms with E-state index in [1.807, 2.05) is 0 Å². The first-order valence-electron chi connectivity index (χ1n) is 5.33. The molecule has 0 atom stereocenters. The number of nitro groups is 1. The number of benzene rings is 2. The predicted octanol–water partition coefficient (Wildman–Crippen LogP) is 4.05. The van der Waals surface area contributed by atoms with Gasteiger partial charge in [0.25, 0.3) is 5.69 Å². The molecule has 0 saturated carbocycles. The Morgan fingerprint density at radius 1 is 1.30 bits per heavy atom. The van der Waals surface area contributed by atoms with Crippen molar-refractivity contribution < 1.29 is 14.1 Å². The van der Waals surface area contributed by atoms with Crippen molar-refractivity contribution in [2.75, 3.05) is 0 Å². The number of ether oxygens (including phenoxy) is 1. The molecule has 100 valence electrons. The van der Waals surface area contributed by atoms with E-state index in [4.69, 9.17) is 21.6 Å². The first-order chi connectivity index (χ1) is 9.52. The highest BCUT2D eigenvalue weighted by atomic mass is 35.5. The average Bonchev–Trinajstić information content (AvgIpc) is 2.44. The van der Waals surface area contributed by atoms with Crippen molar-refractivity contribution in [3.8, 4) is 17.6 Å². The molecule has 2 rings (SSSR count). The van der Waals surface area contributed by atoms with Gasteiger partial charge in [-0.05, 0) is 18.2 Å². The summed E-state index contributed by atoms with van der Waals surface area (Å²) in [5.74, 6) is -0.918. The van der Waals surface area contributed by atoms with Crippen LogP contribution < -0.4 is 4.74 Å². The van der Waals surface area contributed by atoms with Crippen LogP contribution in [0.4, 0.5) is 10.1 Å². The standard InChI is InChI=1S/C13H6ClFN2O3/c14-10-2-1-3-12(13(10)15)20-11-5-4-9(17(18)19)6-8(11)7-16/h1-6H. The van der Waals surface area contributed by atoms with Gasteiger partial charge in [0, 0.05) is 12.1 Å². The van der Waals surface area contributed by atoms with E-state index in [0.717, 1.165) is 6.07 Å². The number of nitro benzene ring substituents is 1. The van der Waals surface area contributed by atoms with Gasteiger partial charge in [-0.15, -0.1) is 0 Å². The summed E-state index contributed by atoms with van der Waals surface area (Å²) in [7, 11) is 0. The van der Waals surface area contributed by atoms with E-state index in [-0.39, 0.29) is 27.8 Å². The van der Waals surface area contributed by atoms with Crippen LogP contribution in [0.15, 0.2) is 36.4 Å². The lowest BCUT2D eigenvalue weighted by Crippen LogP contribution is -1.94. The van der Waals surface area contributed by atoms with E-state index < -0.39 is 10.7 Å². The summed E-state index contributed by atoms with van der Waals surface area (Å²) in [6.45, 7) is 0. The van der Waals surface area contributed by atoms with E-state index >= 15 is 0 Å². The maximum Gasteiger partial charge on any atom is 0.271 e. The van der Waals surface area contributed by atoms with Gasteiger partial charge in [-0.1, -0.05) is 17.7 Å². The molecule has 2 aromatic rings. The van der Waals surface area contributed by atoms with Crippen LogP contribution in [-0.2, 0) is 0 Å². The number of halogens is 2. The van der Waals surface area contributed by atoms with Crippen molar-refractivity contribution in [2.45, 2.75) is 0 Å². The highest BCUT2D eigenvalue weighted by Gasteiger charge is 2.14. The predicted molar refractivity (Wildman–Crippen MR) is 69.3 cm³/mol. The zero-order chi connectivity index (χ0) is 14.7. The van der Waals surface area contributed by atoms with Crippen molar-refractivity contribution in [3.05, 3.63) is 62.9 Å². The molecular weight excluding hydrogens is 287 g/mol. The maximum atomic E-state index is 13.7. The molecule has 7 heteroatoms. The smallest absolute Gasteiger partial charge is 0.271 e. The van der Waals surface area contributed by atoms with E-state index in [9.17, 15) is 14.5 Å². The van der Waals surface area contributed by atoms with E-state index in [2.05, 4.69) is 0 Å². The monoisotopic (exact) mass is 292 g/mol. The molecule has 0 aliphatic carbocycles. The third-order valence-electron chi connectivity index (χ3n) is 2.43. The van der Waals surface area contributed by atoms with Gasteiger partial charge in [0.1, 0.15) is 17.4 Å². The normalized spacial score (nSPS) is 9.85. The molecule has 5 nitrogen and oxygen atoms in total. The van der Waals surface area contributed by atoms with Crippen LogP contribution >= 0.6 is 11.6 Å². The molecule has 0 bridgehead atoms. The van der Waals surface area contributed by atoms with Crippen LogP contribution in [0.5, 0.6) is 11.5 Å². The SMILES string of the molecule is N#Cc1cc([N+](=O)[O-])ccc1Oc1cccc(Cl)c1F. The number of non-ortho nitro benzene ring substituents is 1. The zero-order valence-electron chi connectivity index (χ0n) is 9.84. The minimum Gasteiger partial charge on any atom is -0.453 e. The third kappa shape index (κ3) is 2.68. The van der Waals surface area contributed by atoms with Crippen molar-refractivity contribution in [2.24, 2.45) is 0 Å². The van der Waals surface area contributed by atoms with Crippen LogP contribution in [0, 0.1) is 27.3 Å². The van der Waals surface area contributed by atoms with Gasteiger partial charge in [0.2, 0.25) is 0 Å². The van der Waals surface area contributed by atoms with Gasteiger partial charge in [0.15, 0.2) is 11.6 Å². The molecular formula is C13H6ClFN2O3. The summed E-state index contributed by atoms with van der Waals surface area (Å²) in [5.41, 5.74) is -0.320. The number of rotatable bonds is 3. The minimum atomic E-state index is -0.767. The lowest BCUT2D eigenvalue weighted by atomic mass is 10.2. The first-order valence-corrected chi connectivity index (χ1v) is 5.71. The number of nitriles is 1. The van der Waals surface area contributed by atoms with Crippen LogP contribution in [-0.4, -0.2) is 4.92 Å². The van der Waals surface area contributed by atoms with E-state index in [1.165, 1.54) is 30.3 Å². The summed E-state index contributed by atoms with van der Waals surface area (Å²) in [5, 5.41) is 19.4. The fourth-order valence-corrected chi connectivity index (χ4v) is 1.66. The van der Waals surface area contributed by atoms with E-state index in [0.29, 0.717) is 0 Å². The molecule has 0 N–H and O–H groups in total. The van der Waals surface area contributed by atoms with Crippen molar-refractivity contribution in [3.63, 3.8) is 0 Å². The lowest BCUT2D eigenvalue weighted by Gasteiger charge is -2.08. The molecule has 0 saturated heterocycles. The Morgan fingerprint density at radius 2 is 2.05 bits per heavy atom. The van der Waals surface area contributed by atoms with Crippen LogP contribution in [0.2, 0.25) is 5.02 Å². The molecule has 2 aromatic carbocycles. The van der Waals surface area contributed by atoms with Gasteiger partial charge in [-0.25, -0.2) is 4.39 Å². The number of hydrogen-bond donors (Lipinski definition) is 0. The molecule has 0 fully saturated rings. The van der Waals surface area contributed by atoms with Gasteiger partial charge < -0.3 is 4.74 Å². The number of hydrogen-bond acceptors (Lipinski definition) is 4. The fourth-order valence-electron chi connectivity index (χ4n) is 1.49. The number of nitrogens with zero attached hydrogens (tertiary/aromatic N) is 2. The highest BCUT2D eigenvalue weighted by Crippen LogP contribution is 2.32. The average molecular weight is 293 g/mol. The Balaban J connectivity index is 2.42. The Morgan fingerprint density at radius 3 is 2.70 bits per heavy atom. The first kappa shape index (κ1) is 13.8. The quantitative estimate of drug-likeness (QED) is 0.631. The topological polar surface area (TPSA) is 76.2 Å². The fraction of sp³-hybridized carbons (Fsp3) is 0. The summed E-state index contributed by atoms with van der Waals surface area (Å²) in [6, 6.07) is 9.39. The molecule has 20 heavy (non-hydrogen) atoms. The summed E-state index contributed by atoms with van der Waals surface area (Å²) in [4.78, 5) is 9.98. The molecule has 0 aliphatic rings. The van der Waals surface area contributed by atoms with Crippen molar-refractivity contribution >= 4 is 17.3 Å². The van der Waals surface area contributed by atoms with Crippen LogP contribution in [0.1, 0.15) is 5.56 Å². The summed E-state index contributed by atoms with van der Waals surface area (Å²) in [6.07, 6.45) is 0. The maximum absolute atomic E-state index is 13.7. The molecule has 0 amide bonds. The molecule has 0 spiro atoms. The second-order valence-corrected chi connectivity index (χ2v) is 4.11. The Labute approximate surface area is 117 Å².